The van der Waals surface area contributed by atoms with Crippen molar-refractivity contribution >= 4 is 51.8 Å². The molecule has 0 aromatic rings. The first-order valence-electron chi connectivity index (χ1n) is 12.8. The van der Waals surface area contributed by atoms with Crippen LogP contribution in [0.3, 0.4) is 0 Å². The summed E-state index contributed by atoms with van der Waals surface area (Å²) in [5, 5.41) is 10.8. The van der Waals surface area contributed by atoms with Gasteiger partial charge in [0.05, 0.1) is 6.10 Å². The van der Waals surface area contributed by atoms with E-state index in [1.54, 1.807) is 13.8 Å². The number of hydrogen-bond donors (Lipinski definition) is 1. The Kier molecular flexibility index (Phi) is 6.37. The number of rotatable bonds is 4. The largest absolute Gasteiger partial charge is 0.449 e. The first-order chi connectivity index (χ1) is 17.5. The third-order valence-corrected chi connectivity index (χ3v) is 12.4. The third kappa shape index (κ3) is 3.28. The molecule has 38 heavy (non-hydrogen) atoms. The van der Waals surface area contributed by atoms with Crippen molar-refractivity contribution in [3.8, 4) is 0 Å². The number of thioether (sulfide) groups is 1. The van der Waals surface area contributed by atoms with Crippen LogP contribution in [0.5, 0.6) is 0 Å². The zero-order valence-electron chi connectivity index (χ0n) is 21.5. The van der Waals surface area contributed by atoms with Gasteiger partial charge in [-0.2, -0.15) is 0 Å². The fourth-order valence-corrected chi connectivity index (χ4v) is 9.73. The normalized spacial score (nSPS) is 50.4. The molecule has 0 aliphatic heterocycles. The fourth-order valence-electron chi connectivity index (χ4n) is 8.25. The van der Waals surface area contributed by atoms with Crippen LogP contribution in [0.2, 0.25) is 0 Å². The quantitative estimate of drug-likeness (QED) is 0.337. The molecule has 0 bridgehead atoms. The minimum absolute atomic E-state index is 0.0126. The Bertz CT molecular complexity index is 1180. The van der Waals surface area contributed by atoms with Gasteiger partial charge in [0.1, 0.15) is 21.9 Å². The predicted molar refractivity (Wildman–Crippen MR) is 138 cm³/mol. The molecule has 0 aromatic heterocycles. The van der Waals surface area contributed by atoms with Gasteiger partial charge in [-0.05, 0) is 68.5 Å². The lowest BCUT2D eigenvalue weighted by atomic mass is 9.44. The highest BCUT2D eigenvalue weighted by molar-refractivity contribution is 8.13. The summed E-state index contributed by atoms with van der Waals surface area (Å²) in [6.07, 6.45) is -0.0686. The minimum atomic E-state index is -2.36. The highest BCUT2D eigenvalue weighted by atomic mass is 35.5. The SMILES string of the molecule is C[C@@H]1C[C@H]2[C@@H]3C[C@H](F)C4=CC(=O)C=C[C@]4(C)[C@@]3(F)[C@@H](O)C[C@]2(C)[C@@]1(OC(=O)C1(C)CC1(Cl)Cl)C(=O)SCF. The van der Waals surface area contributed by atoms with Crippen molar-refractivity contribution in [2.24, 2.45) is 34.0 Å². The Hall–Kier alpha value is -1.03. The molecule has 5 aliphatic rings. The number of fused-ring (bicyclic) bond motifs is 5. The molecule has 210 valence electrons. The number of esters is 1. The molecule has 0 spiro atoms. The maximum Gasteiger partial charge on any atom is 0.316 e. The van der Waals surface area contributed by atoms with Crippen molar-refractivity contribution in [2.75, 3.05) is 6.01 Å². The van der Waals surface area contributed by atoms with Crippen molar-refractivity contribution in [2.45, 2.75) is 81.3 Å². The van der Waals surface area contributed by atoms with E-state index >= 15 is 8.78 Å². The summed E-state index contributed by atoms with van der Waals surface area (Å²) in [6, 6.07) is -1.07. The van der Waals surface area contributed by atoms with E-state index in [0.717, 1.165) is 6.08 Å². The van der Waals surface area contributed by atoms with Crippen LogP contribution in [0.1, 0.15) is 53.4 Å². The van der Waals surface area contributed by atoms with Crippen LogP contribution < -0.4 is 0 Å². The van der Waals surface area contributed by atoms with E-state index < -0.39 is 84.8 Å². The molecule has 0 heterocycles. The van der Waals surface area contributed by atoms with Crippen LogP contribution in [0.4, 0.5) is 13.2 Å². The van der Waals surface area contributed by atoms with Crippen molar-refractivity contribution < 1.29 is 37.4 Å². The minimum Gasteiger partial charge on any atom is -0.449 e. The molecule has 10 atom stereocenters. The molecular weight excluding hydrogens is 564 g/mol. The molecule has 0 amide bonds. The van der Waals surface area contributed by atoms with Gasteiger partial charge in [-0.1, -0.05) is 19.9 Å². The number of carbonyl (C=O) groups excluding carboxylic acids is 3. The van der Waals surface area contributed by atoms with Gasteiger partial charge in [-0.25, -0.2) is 13.2 Å². The van der Waals surface area contributed by atoms with Crippen molar-refractivity contribution in [3.63, 3.8) is 0 Å². The van der Waals surface area contributed by atoms with Gasteiger partial charge in [-0.15, -0.1) is 23.2 Å². The number of allylic oxidation sites excluding steroid dienone is 4. The topological polar surface area (TPSA) is 80.7 Å². The average Bonchev–Trinajstić information content (AvgIpc) is 3.27. The molecule has 5 aliphatic carbocycles. The van der Waals surface area contributed by atoms with E-state index in [2.05, 4.69) is 0 Å². The van der Waals surface area contributed by atoms with E-state index in [0.29, 0.717) is 11.8 Å². The number of aliphatic hydroxyl groups excluding tert-OH is 1. The molecule has 5 rings (SSSR count). The Morgan fingerprint density at radius 1 is 1.21 bits per heavy atom. The summed E-state index contributed by atoms with van der Waals surface area (Å²) in [7, 11) is 0. The Morgan fingerprint density at radius 3 is 2.42 bits per heavy atom. The summed E-state index contributed by atoms with van der Waals surface area (Å²) in [5.41, 5.74) is -8.53. The molecule has 1 N–H and O–H groups in total. The van der Waals surface area contributed by atoms with Crippen LogP contribution in [-0.2, 0) is 19.1 Å². The van der Waals surface area contributed by atoms with E-state index in [9.17, 15) is 23.9 Å². The molecule has 1 unspecified atom stereocenters. The first-order valence-corrected chi connectivity index (χ1v) is 14.5. The Morgan fingerprint density at radius 2 is 1.84 bits per heavy atom. The second-order valence-corrected chi connectivity index (χ2v) is 14.7. The highest BCUT2D eigenvalue weighted by Crippen LogP contribution is 2.73. The summed E-state index contributed by atoms with van der Waals surface area (Å²) < 4.78 is 51.3. The van der Waals surface area contributed by atoms with E-state index in [-0.39, 0.29) is 31.3 Å². The molecule has 11 heteroatoms. The monoisotopic (exact) mass is 594 g/mol. The molecule has 0 saturated heterocycles. The lowest BCUT2D eigenvalue weighted by Crippen LogP contribution is -2.70. The standard InChI is InChI=1S/C27H31Cl2F3O5S/c1-13-7-15-16-9-18(31)17-8-14(33)5-6-22(17,2)26(16,32)19(34)10-23(15,3)27(13,21(36)38-12-30)37-20(35)24(4)11-25(24,28)29/h5-6,8,13,15-16,18-19,34H,7,9-12H2,1-4H3/t13-,15+,16+,18+,19+,22+,23+,24?,26+,27+/m1/s1. The van der Waals surface area contributed by atoms with E-state index in [1.165, 1.54) is 26.0 Å². The van der Waals surface area contributed by atoms with Crippen molar-refractivity contribution in [1.82, 2.24) is 0 Å². The van der Waals surface area contributed by atoms with E-state index in [1.807, 2.05) is 0 Å². The number of aliphatic hydroxyl groups is 1. The number of ketones is 1. The predicted octanol–water partition coefficient (Wildman–Crippen LogP) is 5.60. The fraction of sp³-hybridized carbons (Fsp3) is 0.741. The van der Waals surface area contributed by atoms with Gasteiger partial charge in [0.15, 0.2) is 17.1 Å². The summed E-state index contributed by atoms with van der Waals surface area (Å²) in [4.78, 5) is 39.2. The first kappa shape index (κ1) is 28.5. The molecule has 0 radical (unpaired) electrons. The van der Waals surface area contributed by atoms with Gasteiger partial charge in [0, 0.05) is 29.1 Å². The third-order valence-electron chi connectivity index (χ3n) is 10.6. The number of hydrogen-bond acceptors (Lipinski definition) is 6. The van der Waals surface area contributed by atoms with Gasteiger partial charge in [0.2, 0.25) is 5.12 Å². The van der Waals surface area contributed by atoms with Crippen LogP contribution in [-0.4, -0.2) is 55.9 Å². The van der Waals surface area contributed by atoms with Crippen molar-refractivity contribution in [1.29, 1.82) is 0 Å². The Labute approximate surface area is 233 Å². The maximum atomic E-state index is 17.4. The molecule has 4 fully saturated rings. The smallest absolute Gasteiger partial charge is 0.316 e. The van der Waals surface area contributed by atoms with Gasteiger partial charge in [0.25, 0.3) is 0 Å². The molecule has 0 aromatic carbocycles. The van der Waals surface area contributed by atoms with Crippen LogP contribution in [0.15, 0.2) is 23.8 Å². The van der Waals surface area contributed by atoms with Gasteiger partial charge in [-0.3, -0.25) is 14.4 Å². The molecule has 4 saturated carbocycles. The van der Waals surface area contributed by atoms with Gasteiger partial charge < -0.3 is 9.84 Å². The highest BCUT2D eigenvalue weighted by Gasteiger charge is 2.79. The number of halogens is 5. The van der Waals surface area contributed by atoms with Gasteiger partial charge >= 0.3 is 5.97 Å². The lowest BCUT2D eigenvalue weighted by Gasteiger charge is -2.63. The van der Waals surface area contributed by atoms with Crippen LogP contribution in [0, 0.1) is 34.0 Å². The maximum absolute atomic E-state index is 17.4. The summed E-state index contributed by atoms with van der Waals surface area (Å²) in [6.45, 7) is 6.30. The second kappa shape index (κ2) is 8.49. The molecular formula is C27H31Cl2F3O5S. The Balaban J connectivity index is 1.62. The second-order valence-electron chi connectivity index (χ2n) is 12.4. The van der Waals surface area contributed by atoms with Crippen LogP contribution in [0.25, 0.3) is 0 Å². The van der Waals surface area contributed by atoms with Crippen molar-refractivity contribution in [3.05, 3.63) is 23.8 Å². The number of ether oxygens (including phenoxy) is 1. The summed E-state index contributed by atoms with van der Waals surface area (Å²) in [5.74, 6) is -3.75. The number of alkyl halides is 5. The average molecular weight is 596 g/mol. The lowest BCUT2D eigenvalue weighted by molar-refractivity contribution is -0.230. The molecule has 5 nitrogen and oxygen atoms in total. The van der Waals surface area contributed by atoms with Crippen LogP contribution >= 0.6 is 35.0 Å². The zero-order valence-corrected chi connectivity index (χ0v) is 23.9. The summed E-state index contributed by atoms with van der Waals surface area (Å²) >= 11 is 12.8. The number of carbonyl (C=O) groups is 3. The zero-order chi connectivity index (χ0) is 28.3. The van der Waals surface area contributed by atoms with E-state index in [4.69, 9.17) is 27.9 Å².